The molecule has 1 aromatic carbocycles. The van der Waals surface area contributed by atoms with Crippen LogP contribution in [0.15, 0.2) is 18.2 Å². The second-order valence-corrected chi connectivity index (χ2v) is 5.11. The first-order valence-corrected chi connectivity index (χ1v) is 5.98. The average molecular weight is 255 g/mol. The highest BCUT2D eigenvalue weighted by atomic mass is 32.1. The maximum absolute atomic E-state index is 10.9. The van der Waals surface area contributed by atoms with Crippen LogP contribution in [0.1, 0.15) is 19.4 Å². The van der Waals surface area contributed by atoms with Crippen molar-refractivity contribution in [3.63, 3.8) is 0 Å². The fourth-order valence-corrected chi connectivity index (χ4v) is 1.39. The Balaban J connectivity index is 2.92. The second kappa shape index (κ2) is 5.40. The van der Waals surface area contributed by atoms with Gasteiger partial charge in [0.2, 0.25) is 0 Å². The third-order valence-electron chi connectivity index (χ3n) is 2.43. The highest BCUT2D eigenvalue weighted by Gasteiger charge is 2.22. The summed E-state index contributed by atoms with van der Waals surface area (Å²) in [6.07, 6.45) is 0. The molecule has 5 heteroatoms. The number of aryl methyl sites for hydroxylation is 1. The van der Waals surface area contributed by atoms with Gasteiger partial charge in [-0.3, -0.25) is 10.1 Å². The standard InChI is InChI=1S/C12H17NO3S/c1-9-5-4-6-10(11(9)13(14)15)16-7-12(2,3)8-17/h4-6,17H,7-8H2,1-3H3. The molecule has 0 spiro atoms. The van der Waals surface area contributed by atoms with Gasteiger partial charge in [-0.2, -0.15) is 12.6 Å². The number of nitro groups is 1. The van der Waals surface area contributed by atoms with E-state index in [1.807, 2.05) is 13.8 Å². The molecule has 0 amide bonds. The molecule has 1 rings (SSSR count). The van der Waals surface area contributed by atoms with Crippen LogP contribution < -0.4 is 4.74 Å². The largest absolute Gasteiger partial charge is 0.486 e. The van der Waals surface area contributed by atoms with Crippen LogP contribution in [0.5, 0.6) is 5.75 Å². The maximum atomic E-state index is 10.9. The van der Waals surface area contributed by atoms with Crippen LogP contribution in [0.2, 0.25) is 0 Å². The predicted molar refractivity (Wildman–Crippen MR) is 71.0 cm³/mol. The lowest BCUT2D eigenvalue weighted by atomic mass is 9.98. The minimum Gasteiger partial charge on any atom is -0.486 e. The Kier molecular flexibility index (Phi) is 4.40. The summed E-state index contributed by atoms with van der Waals surface area (Å²) in [7, 11) is 0. The SMILES string of the molecule is Cc1cccc(OCC(C)(C)CS)c1[N+](=O)[O-]. The van der Waals surface area contributed by atoms with Crippen molar-refractivity contribution in [3.05, 3.63) is 33.9 Å². The Morgan fingerprint density at radius 1 is 1.47 bits per heavy atom. The molecule has 0 atom stereocenters. The predicted octanol–water partition coefficient (Wildman–Crippen LogP) is 3.24. The van der Waals surface area contributed by atoms with E-state index >= 15 is 0 Å². The van der Waals surface area contributed by atoms with E-state index in [2.05, 4.69) is 12.6 Å². The number of nitrogens with zero attached hydrogens (tertiary/aromatic N) is 1. The summed E-state index contributed by atoms with van der Waals surface area (Å²) in [6.45, 7) is 6.11. The topological polar surface area (TPSA) is 52.4 Å². The Labute approximate surface area is 107 Å². The minimum atomic E-state index is -0.404. The molecule has 0 radical (unpaired) electrons. The molecule has 0 heterocycles. The molecule has 1 aromatic rings. The fourth-order valence-electron chi connectivity index (χ4n) is 1.30. The molecule has 0 fully saturated rings. The van der Waals surface area contributed by atoms with Gasteiger partial charge in [-0.1, -0.05) is 26.0 Å². The average Bonchev–Trinajstić information content (AvgIpc) is 2.26. The van der Waals surface area contributed by atoms with Crippen LogP contribution in [0, 0.1) is 22.5 Å². The van der Waals surface area contributed by atoms with Crippen molar-refractivity contribution in [1.29, 1.82) is 0 Å². The zero-order chi connectivity index (χ0) is 13.1. The Morgan fingerprint density at radius 2 is 2.12 bits per heavy atom. The molecule has 0 N–H and O–H groups in total. The first-order chi connectivity index (χ1) is 7.87. The summed E-state index contributed by atoms with van der Waals surface area (Å²) >= 11 is 4.22. The van der Waals surface area contributed by atoms with Gasteiger partial charge in [0, 0.05) is 11.0 Å². The lowest BCUT2D eigenvalue weighted by Crippen LogP contribution is -2.23. The number of hydrogen-bond donors (Lipinski definition) is 1. The number of benzene rings is 1. The summed E-state index contributed by atoms with van der Waals surface area (Å²) in [5.74, 6) is 0.983. The smallest absolute Gasteiger partial charge is 0.313 e. The molecule has 17 heavy (non-hydrogen) atoms. The zero-order valence-electron chi connectivity index (χ0n) is 10.3. The van der Waals surface area contributed by atoms with E-state index in [9.17, 15) is 10.1 Å². The molecule has 0 saturated carbocycles. The molecule has 0 bridgehead atoms. The third kappa shape index (κ3) is 3.63. The van der Waals surface area contributed by atoms with Crippen LogP contribution in [0.3, 0.4) is 0 Å². The number of ether oxygens (including phenoxy) is 1. The summed E-state index contributed by atoms with van der Waals surface area (Å²) in [4.78, 5) is 10.5. The first kappa shape index (κ1) is 13.8. The summed E-state index contributed by atoms with van der Waals surface area (Å²) in [6, 6.07) is 5.08. The fraction of sp³-hybridized carbons (Fsp3) is 0.500. The quantitative estimate of drug-likeness (QED) is 0.499. The van der Waals surface area contributed by atoms with Crippen LogP contribution in [-0.2, 0) is 0 Å². The number of thiol groups is 1. The highest BCUT2D eigenvalue weighted by molar-refractivity contribution is 7.80. The van der Waals surface area contributed by atoms with Crippen molar-refractivity contribution in [1.82, 2.24) is 0 Å². The third-order valence-corrected chi connectivity index (χ3v) is 3.29. The van der Waals surface area contributed by atoms with E-state index in [1.54, 1.807) is 25.1 Å². The van der Waals surface area contributed by atoms with Crippen molar-refractivity contribution in [2.75, 3.05) is 12.4 Å². The summed E-state index contributed by atoms with van der Waals surface area (Å²) in [5, 5.41) is 10.9. The van der Waals surface area contributed by atoms with E-state index in [1.165, 1.54) is 0 Å². The zero-order valence-corrected chi connectivity index (χ0v) is 11.2. The van der Waals surface area contributed by atoms with E-state index in [0.717, 1.165) is 0 Å². The van der Waals surface area contributed by atoms with Crippen LogP contribution in [-0.4, -0.2) is 17.3 Å². The molecule has 0 aliphatic rings. The van der Waals surface area contributed by atoms with E-state index < -0.39 is 4.92 Å². The molecule has 0 aliphatic heterocycles. The lowest BCUT2D eigenvalue weighted by molar-refractivity contribution is -0.386. The lowest BCUT2D eigenvalue weighted by Gasteiger charge is -2.22. The molecule has 4 nitrogen and oxygen atoms in total. The van der Waals surface area contributed by atoms with Crippen LogP contribution in [0.25, 0.3) is 0 Å². The maximum Gasteiger partial charge on any atom is 0.313 e. The first-order valence-electron chi connectivity index (χ1n) is 5.35. The van der Waals surface area contributed by atoms with Gasteiger partial charge in [-0.05, 0) is 18.7 Å². The summed E-state index contributed by atoms with van der Waals surface area (Å²) in [5.41, 5.74) is 0.541. The van der Waals surface area contributed by atoms with Crippen molar-refractivity contribution >= 4 is 18.3 Å². The van der Waals surface area contributed by atoms with Gasteiger partial charge in [-0.25, -0.2) is 0 Å². The van der Waals surface area contributed by atoms with Gasteiger partial charge in [0.15, 0.2) is 5.75 Å². The van der Waals surface area contributed by atoms with Gasteiger partial charge < -0.3 is 4.74 Å². The van der Waals surface area contributed by atoms with Crippen molar-refractivity contribution in [2.24, 2.45) is 5.41 Å². The van der Waals surface area contributed by atoms with Gasteiger partial charge in [0.25, 0.3) is 0 Å². The van der Waals surface area contributed by atoms with Crippen LogP contribution >= 0.6 is 12.6 Å². The number of hydrogen-bond acceptors (Lipinski definition) is 4. The van der Waals surface area contributed by atoms with Gasteiger partial charge >= 0.3 is 5.69 Å². The molecular formula is C12H17NO3S. The highest BCUT2D eigenvalue weighted by Crippen LogP contribution is 2.31. The van der Waals surface area contributed by atoms with E-state index in [-0.39, 0.29) is 11.1 Å². The monoisotopic (exact) mass is 255 g/mol. The minimum absolute atomic E-state index is 0.0439. The molecule has 0 aliphatic carbocycles. The molecule has 94 valence electrons. The number of nitro benzene ring substituents is 1. The molecule has 0 saturated heterocycles. The van der Waals surface area contributed by atoms with Crippen molar-refractivity contribution in [3.8, 4) is 5.75 Å². The van der Waals surface area contributed by atoms with Crippen molar-refractivity contribution < 1.29 is 9.66 Å². The Morgan fingerprint density at radius 3 is 2.65 bits per heavy atom. The molecule has 0 aromatic heterocycles. The van der Waals surface area contributed by atoms with E-state index in [0.29, 0.717) is 23.7 Å². The second-order valence-electron chi connectivity index (χ2n) is 4.79. The van der Waals surface area contributed by atoms with Gasteiger partial charge in [0.1, 0.15) is 0 Å². The van der Waals surface area contributed by atoms with E-state index in [4.69, 9.17) is 4.74 Å². The molecule has 0 unspecified atom stereocenters. The number of rotatable bonds is 5. The van der Waals surface area contributed by atoms with Gasteiger partial charge in [-0.15, -0.1) is 0 Å². The Hall–Kier alpha value is -1.23. The van der Waals surface area contributed by atoms with Crippen LogP contribution in [0.4, 0.5) is 5.69 Å². The summed E-state index contributed by atoms with van der Waals surface area (Å²) < 4.78 is 5.54. The number of para-hydroxylation sites is 1. The van der Waals surface area contributed by atoms with Crippen molar-refractivity contribution in [2.45, 2.75) is 20.8 Å². The normalized spacial score (nSPS) is 11.3. The Bertz CT molecular complexity index is 418. The van der Waals surface area contributed by atoms with Gasteiger partial charge in [0.05, 0.1) is 11.5 Å². The molecular weight excluding hydrogens is 238 g/mol.